The Hall–Kier alpha value is -1.46. The third-order valence-corrected chi connectivity index (χ3v) is 3.85. The van der Waals surface area contributed by atoms with Gasteiger partial charge in [0.25, 0.3) is 0 Å². The van der Waals surface area contributed by atoms with Gasteiger partial charge in [0.15, 0.2) is 24.8 Å². The van der Waals surface area contributed by atoms with E-state index in [0.29, 0.717) is 0 Å². The maximum atomic E-state index is 11.7. The first-order valence-corrected chi connectivity index (χ1v) is 7.24. The molecule has 0 aromatic rings. The third kappa shape index (κ3) is 3.94. The molecule has 0 aromatic carbocycles. The number of aliphatic hydroxyl groups is 8. The largest absolute Gasteiger partial charge is 0.387 e. The summed E-state index contributed by atoms with van der Waals surface area (Å²) in [6.07, 6.45) is -20.0. The minimum absolute atomic E-state index is 1.60. The van der Waals surface area contributed by atoms with Gasteiger partial charge in [-0.3, -0.25) is 0 Å². The van der Waals surface area contributed by atoms with Crippen molar-refractivity contribution in [1.29, 1.82) is 0 Å². The molecule has 2 aliphatic rings. The van der Waals surface area contributed by atoms with Crippen LogP contribution in [0.15, 0.2) is 0 Å². The predicted molar refractivity (Wildman–Crippen MR) is 70.0 cm³/mol. The first-order valence-electron chi connectivity index (χ1n) is 7.24. The molecular weight excluding hydrogens is 368 g/mol. The van der Waals surface area contributed by atoms with Crippen molar-refractivity contribution in [3.8, 4) is 0 Å². The van der Waals surface area contributed by atoms with Gasteiger partial charge in [0, 0.05) is 0 Å². The summed E-state index contributed by atoms with van der Waals surface area (Å²) in [4.78, 5) is 31.6. The number of carbonyl (C=O) groups excluding carboxylic acids is 2. The number of hydrogen-bond acceptors (Lipinski definition) is 14. The Balaban J connectivity index is 1.93. The van der Waals surface area contributed by atoms with Gasteiger partial charge < -0.3 is 50.3 Å². The van der Waals surface area contributed by atoms with Crippen LogP contribution in [0.25, 0.3) is 0 Å². The van der Waals surface area contributed by atoms with Crippen LogP contribution in [0, 0.1) is 0 Å². The number of hydrogen-bond donors (Lipinski definition) is 8. The fourth-order valence-electron chi connectivity index (χ4n) is 2.29. The molecule has 26 heavy (non-hydrogen) atoms. The van der Waals surface area contributed by atoms with Gasteiger partial charge in [-0.2, -0.15) is 0 Å². The molecule has 14 nitrogen and oxygen atoms in total. The molecule has 0 amide bonds. The van der Waals surface area contributed by atoms with E-state index < -0.39 is 73.4 Å². The number of carbonyl (C=O) groups is 2. The fourth-order valence-corrected chi connectivity index (χ4v) is 2.29. The summed E-state index contributed by atoms with van der Waals surface area (Å²) in [7, 11) is 0. The Bertz CT molecular complexity index is 480. The number of aliphatic hydroxyl groups excluding tert-OH is 8. The second-order valence-corrected chi connectivity index (χ2v) is 5.64. The SMILES string of the molecule is O=C(OOC(=O)[C@H]1O[C@H](O)[C@H](O)[C@@H](O)[C@H]1O)C1OC(O)C(O)C(O)C1O. The van der Waals surface area contributed by atoms with Crippen molar-refractivity contribution in [2.24, 2.45) is 0 Å². The molecule has 0 spiro atoms. The first-order chi connectivity index (χ1) is 12.1. The van der Waals surface area contributed by atoms with Crippen molar-refractivity contribution in [1.82, 2.24) is 0 Å². The summed E-state index contributed by atoms with van der Waals surface area (Å²) in [5.41, 5.74) is 0. The van der Waals surface area contributed by atoms with Crippen LogP contribution in [0.2, 0.25) is 0 Å². The van der Waals surface area contributed by atoms with Crippen LogP contribution in [0.1, 0.15) is 0 Å². The van der Waals surface area contributed by atoms with Gasteiger partial charge >= 0.3 is 11.9 Å². The molecule has 2 saturated heterocycles. The lowest BCUT2D eigenvalue weighted by Gasteiger charge is -2.37. The quantitative estimate of drug-likeness (QED) is 0.163. The lowest BCUT2D eigenvalue weighted by Crippen LogP contribution is -2.61. The molecule has 5 unspecified atom stereocenters. The summed E-state index contributed by atoms with van der Waals surface area (Å²) < 4.78 is 9.05. The summed E-state index contributed by atoms with van der Waals surface area (Å²) in [5.74, 6) is -3.19. The zero-order valence-electron chi connectivity index (χ0n) is 12.8. The first kappa shape index (κ1) is 20.8. The molecular formula is C12H18O14. The van der Waals surface area contributed by atoms with Gasteiger partial charge in [-0.25, -0.2) is 19.4 Å². The molecule has 0 bridgehead atoms. The van der Waals surface area contributed by atoms with Crippen molar-refractivity contribution in [3.05, 3.63) is 0 Å². The second-order valence-electron chi connectivity index (χ2n) is 5.64. The molecule has 2 heterocycles. The highest BCUT2D eigenvalue weighted by atomic mass is 17.2. The molecule has 2 fully saturated rings. The fraction of sp³-hybridized carbons (Fsp3) is 0.833. The lowest BCUT2D eigenvalue weighted by atomic mass is 9.99. The molecule has 0 aromatic heterocycles. The van der Waals surface area contributed by atoms with Crippen LogP contribution in [-0.4, -0.2) is 114 Å². The van der Waals surface area contributed by atoms with Crippen LogP contribution in [0.5, 0.6) is 0 Å². The van der Waals surface area contributed by atoms with Crippen molar-refractivity contribution in [2.75, 3.05) is 0 Å². The maximum absolute atomic E-state index is 11.7. The molecule has 2 rings (SSSR count). The minimum atomic E-state index is -2.04. The van der Waals surface area contributed by atoms with Gasteiger partial charge in [0.05, 0.1) is 0 Å². The molecule has 150 valence electrons. The van der Waals surface area contributed by atoms with Gasteiger partial charge in [-0.1, -0.05) is 0 Å². The van der Waals surface area contributed by atoms with Crippen LogP contribution >= 0.6 is 0 Å². The van der Waals surface area contributed by atoms with Crippen molar-refractivity contribution in [3.63, 3.8) is 0 Å². The highest BCUT2D eigenvalue weighted by Gasteiger charge is 2.49. The van der Waals surface area contributed by atoms with E-state index >= 15 is 0 Å². The number of rotatable bonds is 2. The summed E-state index contributed by atoms with van der Waals surface area (Å²) in [6.45, 7) is 0. The van der Waals surface area contributed by atoms with Crippen LogP contribution in [0.4, 0.5) is 0 Å². The van der Waals surface area contributed by atoms with Crippen molar-refractivity contribution < 1.29 is 69.7 Å². The topological polar surface area (TPSA) is 233 Å². The van der Waals surface area contributed by atoms with Gasteiger partial charge in [0.2, 0.25) is 0 Å². The van der Waals surface area contributed by atoms with Crippen LogP contribution in [-0.2, 0) is 28.8 Å². The Kier molecular flexibility index (Phi) is 6.46. The van der Waals surface area contributed by atoms with Gasteiger partial charge in [-0.05, 0) is 0 Å². The summed E-state index contributed by atoms with van der Waals surface area (Å²) >= 11 is 0. The molecule has 2 aliphatic heterocycles. The van der Waals surface area contributed by atoms with Crippen LogP contribution < -0.4 is 0 Å². The standard InChI is InChI=1S/C12H18O14/c13-1-3(15)7(23-9(19)5(1)17)11(21)25-26-12(22)8-4(16)2(14)6(18)10(20)24-8/h1-10,13-20H/t1-,2?,3+,4?,5+,6?,7-,8?,9-,10?/m0/s1. The zero-order valence-corrected chi connectivity index (χ0v) is 12.8. The average molecular weight is 386 g/mol. The van der Waals surface area contributed by atoms with E-state index in [-0.39, 0.29) is 0 Å². The van der Waals surface area contributed by atoms with E-state index in [2.05, 4.69) is 19.2 Å². The average Bonchev–Trinajstić information content (AvgIpc) is 2.61. The van der Waals surface area contributed by atoms with E-state index in [1.165, 1.54) is 0 Å². The van der Waals surface area contributed by atoms with Crippen molar-refractivity contribution in [2.45, 2.75) is 61.4 Å². The highest BCUT2D eigenvalue weighted by molar-refractivity contribution is 5.79. The molecule has 0 aliphatic carbocycles. The lowest BCUT2D eigenvalue weighted by molar-refractivity contribution is -0.318. The predicted octanol–water partition coefficient (Wildman–Crippen LogP) is -6.41. The van der Waals surface area contributed by atoms with Crippen molar-refractivity contribution >= 4 is 11.9 Å². The third-order valence-electron chi connectivity index (χ3n) is 3.85. The minimum Gasteiger partial charge on any atom is -0.387 e. The molecule has 14 heteroatoms. The van der Waals surface area contributed by atoms with Crippen LogP contribution in [0.3, 0.4) is 0 Å². The van der Waals surface area contributed by atoms with Gasteiger partial charge in [-0.15, -0.1) is 0 Å². The van der Waals surface area contributed by atoms with E-state index in [9.17, 15) is 50.4 Å². The Morgan fingerprint density at radius 1 is 0.538 bits per heavy atom. The normalized spacial score (nSPS) is 46.5. The summed E-state index contributed by atoms with van der Waals surface area (Å²) in [6, 6.07) is 0. The molecule has 8 N–H and O–H groups in total. The van der Waals surface area contributed by atoms with Gasteiger partial charge in [0.1, 0.15) is 36.6 Å². The van der Waals surface area contributed by atoms with E-state index in [0.717, 1.165) is 0 Å². The van der Waals surface area contributed by atoms with E-state index in [1.807, 2.05) is 0 Å². The smallest absolute Gasteiger partial charge is 0.386 e. The molecule has 0 saturated carbocycles. The monoisotopic (exact) mass is 386 g/mol. The Morgan fingerprint density at radius 3 is 1.15 bits per heavy atom. The Labute approximate surface area is 144 Å². The Morgan fingerprint density at radius 2 is 0.846 bits per heavy atom. The zero-order chi connectivity index (χ0) is 19.8. The van der Waals surface area contributed by atoms with E-state index in [1.54, 1.807) is 0 Å². The molecule has 10 atom stereocenters. The highest BCUT2D eigenvalue weighted by Crippen LogP contribution is 2.23. The second kappa shape index (κ2) is 8.05. The van der Waals surface area contributed by atoms with E-state index in [4.69, 9.17) is 0 Å². The number of ether oxygens (including phenoxy) is 2. The maximum Gasteiger partial charge on any atom is 0.386 e. The molecule has 0 radical (unpaired) electrons. The summed E-state index contributed by atoms with van der Waals surface area (Å²) in [5, 5.41) is 75.2.